The molecule has 2 saturated heterocycles. The van der Waals surface area contributed by atoms with Gasteiger partial charge >= 0.3 is 0 Å². The first kappa shape index (κ1) is 16.3. The van der Waals surface area contributed by atoms with E-state index in [9.17, 15) is 5.11 Å². The van der Waals surface area contributed by atoms with Crippen molar-refractivity contribution in [3.63, 3.8) is 0 Å². The molecule has 3 fully saturated rings. The quantitative estimate of drug-likeness (QED) is 0.918. The zero-order valence-electron chi connectivity index (χ0n) is 14.5. The smallest absolute Gasteiger partial charge is 0.0940 e. The molecule has 1 aliphatic carbocycles. The van der Waals surface area contributed by atoms with Crippen molar-refractivity contribution in [2.75, 3.05) is 26.3 Å². The van der Waals surface area contributed by atoms with Gasteiger partial charge in [0.2, 0.25) is 0 Å². The van der Waals surface area contributed by atoms with Crippen LogP contribution in [-0.2, 0) is 10.3 Å². The van der Waals surface area contributed by atoms with Gasteiger partial charge in [-0.25, -0.2) is 0 Å². The van der Waals surface area contributed by atoms with Crippen molar-refractivity contribution in [1.29, 1.82) is 0 Å². The van der Waals surface area contributed by atoms with Crippen LogP contribution in [0.5, 0.6) is 0 Å². The van der Waals surface area contributed by atoms with Crippen molar-refractivity contribution in [1.82, 2.24) is 4.90 Å². The lowest BCUT2D eigenvalue weighted by atomic mass is 9.86. The highest BCUT2D eigenvalue weighted by Gasteiger charge is 2.31. The average Bonchev–Trinajstić information content (AvgIpc) is 2.56. The SMILES string of the molecule is OC1(c2ccc(C=C3CCN(C4CCC4)CC3)cc2)CCOCC1. The Hall–Kier alpha value is -1.16. The van der Waals surface area contributed by atoms with Gasteiger partial charge in [-0.05, 0) is 36.8 Å². The Morgan fingerprint density at radius 2 is 1.71 bits per heavy atom. The molecule has 0 spiro atoms. The molecule has 0 atom stereocenters. The third kappa shape index (κ3) is 3.44. The normalized spacial score (nSPS) is 25.3. The molecule has 3 heteroatoms. The summed E-state index contributed by atoms with van der Waals surface area (Å²) < 4.78 is 5.37. The van der Waals surface area contributed by atoms with E-state index in [1.54, 1.807) is 5.57 Å². The Morgan fingerprint density at radius 1 is 1.04 bits per heavy atom. The first-order valence-corrected chi connectivity index (χ1v) is 9.57. The van der Waals surface area contributed by atoms with Crippen molar-refractivity contribution in [2.45, 2.75) is 56.6 Å². The lowest BCUT2D eigenvalue weighted by Gasteiger charge is -2.40. The van der Waals surface area contributed by atoms with Crippen LogP contribution in [0.3, 0.4) is 0 Å². The minimum absolute atomic E-state index is 0.653. The van der Waals surface area contributed by atoms with Crippen LogP contribution in [0.25, 0.3) is 6.08 Å². The van der Waals surface area contributed by atoms with E-state index in [0.29, 0.717) is 26.1 Å². The number of aliphatic hydroxyl groups is 1. The van der Waals surface area contributed by atoms with Crippen LogP contribution < -0.4 is 0 Å². The van der Waals surface area contributed by atoms with Crippen LogP contribution in [0.1, 0.15) is 56.1 Å². The lowest BCUT2D eigenvalue weighted by molar-refractivity contribution is -0.0679. The van der Waals surface area contributed by atoms with Crippen LogP contribution in [0, 0.1) is 0 Å². The lowest BCUT2D eigenvalue weighted by Crippen LogP contribution is -2.43. The number of likely N-dealkylation sites (tertiary alicyclic amines) is 1. The number of hydrogen-bond donors (Lipinski definition) is 1. The topological polar surface area (TPSA) is 32.7 Å². The van der Waals surface area contributed by atoms with Gasteiger partial charge in [-0.3, -0.25) is 4.90 Å². The monoisotopic (exact) mass is 327 g/mol. The molecular weight excluding hydrogens is 298 g/mol. The van der Waals surface area contributed by atoms with Gasteiger partial charge in [-0.2, -0.15) is 0 Å². The number of rotatable bonds is 3. The largest absolute Gasteiger partial charge is 0.385 e. The summed E-state index contributed by atoms with van der Waals surface area (Å²) in [6.07, 6.45) is 10.4. The van der Waals surface area contributed by atoms with Gasteiger partial charge in [0, 0.05) is 45.2 Å². The molecule has 0 aromatic heterocycles. The fraction of sp³-hybridized carbons (Fsp3) is 0.619. The Labute approximate surface area is 145 Å². The summed E-state index contributed by atoms with van der Waals surface area (Å²) in [4.78, 5) is 2.69. The second-order valence-electron chi connectivity index (χ2n) is 7.69. The van der Waals surface area contributed by atoms with E-state index < -0.39 is 5.60 Å². The van der Waals surface area contributed by atoms with E-state index in [2.05, 4.69) is 35.2 Å². The number of nitrogens with zero attached hydrogens (tertiary/aromatic N) is 1. The molecule has 1 aromatic rings. The third-order valence-electron chi connectivity index (χ3n) is 6.17. The zero-order chi connectivity index (χ0) is 16.4. The highest BCUT2D eigenvalue weighted by molar-refractivity contribution is 5.54. The van der Waals surface area contributed by atoms with E-state index >= 15 is 0 Å². The summed E-state index contributed by atoms with van der Waals surface area (Å²) in [6.45, 7) is 3.77. The van der Waals surface area contributed by atoms with Crippen LogP contribution in [0.4, 0.5) is 0 Å². The molecule has 2 heterocycles. The van der Waals surface area contributed by atoms with E-state index in [1.807, 2.05) is 0 Å². The van der Waals surface area contributed by atoms with Crippen molar-refractivity contribution in [2.24, 2.45) is 0 Å². The number of ether oxygens (including phenoxy) is 1. The third-order valence-corrected chi connectivity index (χ3v) is 6.17. The van der Waals surface area contributed by atoms with Crippen molar-refractivity contribution in [3.8, 4) is 0 Å². The number of benzene rings is 1. The maximum atomic E-state index is 10.8. The molecule has 0 bridgehead atoms. The Balaban J connectivity index is 1.38. The molecule has 2 aliphatic heterocycles. The minimum atomic E-state index is -0.696. The highest BCUT2D eigenvalue weighted by Crippen LogP contribution is 2.33. The predicted octanol–water partition coefficient (Wildman–Crippen LogP) is 3.72. The van der Waals surface area contributed by atoms with Crippen molar-refractivity contribution < 1.29 is 9.84 Å². The zero-order valence-corrected chi connectivity index (χ0v) is 14.5. The summed E-state index contributed by atoms with van der Waals surface area (Å²) in [5, 5.41) is 10.8. The Bertz CT molecular complexity index is 572. The summed E-state index contributed by atoms with van der Waals surface area (Å²) >= 11 is 0. The maximum Gasteiger partial charge on any atom is 0.0940 e. The Kier molecular flexibility index (Phi) is 4.75. The molecule has 1 N–H and O–H groups in total. The summed E-state index contributed by atoms with van der Waals surface area (Å²) in [5.41, 5.74) is 3.18. The average molecular weight is 327 g/mol. The van der Waals surface area contributed by atoms with Crippen LogP contribution in [0.2, 0.25) is 0 Å². The predicted molar refractivity (Wildman–Crippen MR) is 96.8 cm³/mol. The highest BCUT2D eigenvalue weighted by atomic mass is 16.5. The second kappa shape index (κ2) is 6.99. The maximum absolute atomic E-state index is 10.8. The molecule has 130 valence electrons. The molecule has 0 amide bonds. The van der Waals surface area contributed by atoms with Gasteiger partial charge in [-0.15, -0.1) is 0 Å². The first-order chi connectivity index (χ1) is 11.7. The summed E-state index contributed by atoms with van der Waals surface area (Å²) in [7, 11) is 0. The van der Waals surface area contributed by atoms with E-state index in [1.165, 1.54) is 50.8 Å². The molecule has 0 radical (unpaired) electrons. The molecule has 0 unspecified atom stereocenters. The second-order valence-corrected chi connectivity index (χ2v) is 7.69. The minimum Gasteiger partial charge on any atom is -0.385 e. The Morgan fingerprint density at radius 3 is 2.29 bits per heavy atom. The molecule has 3 aliphatic rings. The van der Waals surface area contributed by atoms with E-state index in [-0.39, 0.29) is 0 Å². The molecular formula is C21H29NO2. The van der Waals surface area contributed by atoms with Gasteiger partial charge in [0.15, 0.2) is 0 Å². The van der Waals surface area contributed by atoms with Crippen molar-refractivity contribution >= 4 is 6.08 Å². The van der Waals surface area contributed by atoms with Crippen LogP contribution in [-0.4, -0.2) is 42.4 Å². The number of piperidine rings is 1. The van der Waals surface area contributed by atoms with Crippen molar-refractivity contribution in [3.05, 3.63) is 41.0 Å². The molecule has 1 saturated carbocycles. The van der Waals surface area contributed by atoms with Crippen LogP contribution in [0.15, 0.2) is 29.8 Å². The van der Waals surface area contributed by atoms with E-state index in [4.69, 9.17) is 4.74 Å². The fourth-order valence-electron chi connectivity index (χ4n) is 4.20. The van der Waals surface area contributed by atoms with Crippen LogP contribution >= 0.6 is 0 Å². The van der Waals surface area contributed by atoms with Gasteiger partial charge in [0.05, 0.1) is 5.60 Å². The molecule has 1 aromatic carbocycles. The first-order valence-electron chi connectivity index (χ1n) is 9.57. The summed E-state index contributed by atoms with van der Waals surface area (Å²) in [5.74, 6) is 0. The standard InChI is InChI=1S/C21H29NO2/c23-21(10-14-24-15-11-21)19-6-4-17(5-7-19)16-18-8-12-22(13-9-18)20-2-1-3-20/h4-7,16,20,23H,1-3,8-15H2. The molecule has 3 nitrogen and oxygen atoms in total. The van der Waals surface area contributed by atoms with Gasteiger partial charge in [0.25, 0.3) is 0 Å². The van der Waals surface area contributed by atoms with Gasteiger partial charge in [0.1, 0.15) is 0 Å². The molecule has 24 heavy (non-hydrogen) atoms. The summed E-state index contributed by atoms with van der Waals surface area (Å²) in [6, 6.07) is 9.40. The van der Waals surface area contributed by atoms with E-state index in [0.717, 1.165) is 11.6 Å². The van der Waals surface area contributed by atoms with Gasteiger partial charge in [-0.1, -0.05) is 42.3 Å². The number of hydrogen-bond acceptors (Lipinski definition) is 3. The van der Waals surface area contributed by atoms with Gasteiger partial charge < -0.3 is 9.84 Å². The molecule has 4 rings (SSSR count). The fourth-order valence-corrected chi connectivity index (χ4v) is 4.20.